The number of amides is 1. The SMILES string of the molecule is NC(=O)CC(S(=O)(=O)CCCl)S(=O)(=O)CCCl. The maximum atomic E-state index is 11.7. The lowest BCUT2D eigenvalue weighted by Crippen LogP contribution is -2.38. The lowest BCUT2D eigenvalue weighted by atomic mass is 10.5. The molecule has 0 radical (unpaired) electrons. The fourth-order valence-corrected chi connectivity index (χ4v) is 6.57. The number of rotatable bonds is 8. The van der Waals surface area contributed by atoms with Crippen molar-refractivity contribution >= 4 is 48.8 Å². The second-order valence-corrected chi connectivity index (χ2v) is 8.87. The predicted octanol–water partition coefficient (Wildman–Crippen LogP) is -0.505. The van der Waals surface area contributed by atoms with Crippen LogP contribution in [0.25, 0.3) is 0 Å². The van der Waals surface area contributed by atoms with E-state index in [2.05, 4.69) is 0 Å². The molecule has 0 spiro atoms. The van der Waals surface area contributed by atoms with Crippen LogP contribution < -0.4 is 5.73 Å². The van der Waals surface area contributed by atoms with Crippen molar-refractivity contribution in [2.24, 2.45) is 5.73 Å². The molecule has 0 heterocycles. The van der Waals surface area contributed by atoms with Gasteiger partial charge in [-0.25, -0.2) is 16.8 Å². The van der Waals surface area contributed by atoms with Crippen LogP contribution in [0.5, 0.6) is 0 Å². The van der Waals surface area contributed by atoms with E-state index in [1.54, 1.807) is 0 Å². The predicted molar refractivity (Wildman–Crippen MR) is 66.6 cm³/mol. The van der Waals surface area contributed by atoms with Crippen molar-refractivity contribution in [3.8, 4) is 0 Å². The zero-order chi connectivity index (χ0) is 13.7. The van der Waals surface area contributed by atoms with Crippen LogP contribution in [0, 0.1) is 0 Å². The van der Waals surface area contributed by atoms with E-state index < -0.39 is 48.1 Å². The van der Waals surface area contributed by atoms with Crippen molar-refractivity contribution in [2.75, 3.05) is 23.3 Å². The number of halogens is 2. The molecule has 0 aliphatic heterocycles. The van der Waals surface area contributed by atoms with Gasteiger partial charge in [-0.3, -0.25) is 4.79 Å². The molecule has 0 rings (SSSR count). The van der Waals surface area contributed by atoms with Crippen molar-refractivity contribution in [3.63, 3.8) is 0 Å². The van der Waals surface area contributed by atoms with Gasteiger partial charge in [-0.15, -0.1) is 23.2 Å². The van der Waals surface area contributed by atoms with E-state index in [0.29, 0.717) is 0 Å². The zero-order valence-corrected chi connectivity index (χ0v) is 11.9. The molecule has 0 saturated heterocycles. The molecule has 0 aromatic heterocycles. The highest BCUT2D eigenvalue weighted by molar-refractivity contribution is 8.09. The molecule has 0 bridgehead atoms. The minimum Gasteiger partial charge on any atom is -0.370 e. The molecule has 0 saturated carbocycles. The second-order valence-electron chi connectivity index (χ2n) is 3.21. The molecular weight excluding hydrogens is 313 g/mol. The Bertz CT molecular complexity index is 423. The van der Waals surface area contributed by atoms with Crippen LogP contribution in [0.4, 0.5) is 0 Å². The molecule has 10 heteroatoms. The van der Waals surface area contributed by atoms with Gasteiger partial charge < -0.3 is 5.73 Å². The van der Waals surface area contributed by atoms with Crippen LogP contribution in [-0.2, 0) is 24.5 Å². The standard InChI is InChI=1S/C7H13Cl2NO5S2/c8-1-3-16(12,13)7(5-6(10)11)17(14,15)4-2-9/h7H,1-5H2,(H2,10,11). The summed E-state index contributed by atoms with van der Waals surface area (Å²) in [5.74, 6) is -2.59. The fourth-order valence-electron chi connectivity index (χ4n) is 1.12. The van der Waals surface area contributed by atoms with Crippen molar-refractivity contribution in [3.05, 3.63) is 0 Å². The van der Waals surface area contributed by atoms with E-state index in [1.165, 1.54) is 0 Å². The molecule has 0 aliphatic carbocycles. The van der Waals surface area contributed by atoms with E-state index in [9.17, 15) is 21.6 Å². The fraction of sp³-hybridized carbons (Fsp3) is 0.857. The summed E-state index contributed by atoms with van der Waals surface area (Å²) in [6.45, 7) is 0. The molecule has 0 aliphatic rings. The molecule has 2 N–H and O–H groups in total. The Kier molecular flexibility index (Phi) is 6.75. The van der Waals surface area contributed by atoms with Crippen LogP contribution >= 0.6 is 23.2 Å². The lowest BCUT2D eigenvalue weighted by Gasteiger charge is -2.15. The van der Waals surface area contributed by atoms with Gasteiger partial charge in [-0.2, -0.15) is 0 Å². The van der Waals surface area contributed by atoms with Crippen molar-refractivity contribution in [1.29, 1.82) is 0 Å². The van der Waals surface area contributed by atoms with Crippen LogP contribution in [0.1, 0.15) is 6.42 Å². The quantitative estimate of drug-likeness (QED) is 0.604. The number of alkyl halides is 2. The average molecular weight is 326 g/mol. The Morgan fingerprint density at radius 2 is 1.35 bits per heavy atom. The van der Waals surface area contributed by atoms with Crippen LogP contribution in [0.3, 0.4) is 0 Å². The minimum atomic E-state index is -4.03. The summed E-state index contributed by atoms with van der Waals surface area (Å²) in [6, 6.07) is 0. The zero-order valence-electron chi connectivity index (χ0n) is 8.80. The third-order valence-electron chi connectivity index (χ3n) is 1.89. The van der Waals surface area contributed by atoms with Gasteiger partial charge in [0.05, 0.1) is 17.9 Å². The molecule has 0 fully saturated rings. The summed E-state index contributed by atoms with van der Waals surface area (Å²) in [5, 5.41) is 0. The number of sulfone groups is 2. The third kappa shape index (κ3) is 5.41. The molecule has 0 atom stereocenters. The highest BCUT2D eigenvalue weighted by Gasteiger charge is 2.37. The van der Waals surface area contributed by atoms with Gasteiger partial charge in [0.15, 0.2) is 24.3 Å². The van der Waals surface area contributed by atoms with Gasteiger partial charge in [-0.05, 0) is 0 Å². The minimum absolute atomic E-state index is 0.256. The van der Waals surface area contributed by atoms with Gasteiger partial charge >= 0.3 is 0 Å². The van der Waals surface area contributed by atoms with E-state index in [4.69, 9.17) is 28.9 Å². The third-order valence-corrected chi connectivity index (χ3v) is 7.96. The smallest absolute Gasteiger partial charge is 0.219 e. The highest BCUT2D eigenvalue weighted by Crippen LogP contribution is 2.16. The first-order valence-electron chi connectivity index (χ1n) is 4.50. The number of primary amides is 1. The Hall–Kier alpha value is -0.0500. The maximum absolute atomic E-state index is 11.7. The molecule has 0 aromatic rings. The van der Waals surface area contributed by atoms with Crippen LogP contribution in [0.15, 0.2) is 0 Å². The van der Waals surface area contributed by atoms with Gasteiger partial charge in [0, 0.05) is 11.8 Å². The van der Waals surface area contributed by atoms with Gasteiger partial charge in [0.1, 0.15) is 0 Å². The number of carbonyl (C=O) groups is 1. The maximum Gasteiger partial charge on any atom is 0.219 e. The van der Waals surface area contributed by atoms with E-state index >= 15 is 0 Å². The van der Waals surface area contributed by atoms with E-state index in [0.717, 1.165) is 0 Å². The Labute approximate surface area is 110 Å². The number of nitrogens with two attached hydrogens (primary N) is 1. The molecule has 102 valence electrons. The largest absolute Gasteiger partial charge is 0.370 e. The Morgan fingerprint density at radius 1 is 1.00 bits per heavy atom. The summed E-state index contributed by atoms with van der Waals surface area (Å²) < 4.78 is 44.8. The highest BCUT2D eigenvalue weighted by atomic mass is 35.5. The summed E-state index contributed by atoms with van der Waals surface area (Å²) in [5.41, 5.74) is 4.85. The average Bonchev–Trinajstić information content (AvgIpc) is 2.13. The second kappa shape index (κ2) is 6.77. The van der Waals surface area contributed by atoms with Gasteiger partial charge in [0.2, 0.25) is 5.91 Å². The number of carbonyl (C=O) groups excluding carboxylic acids is 1. The van der Waals surface area contributed by atoms with Crippen molar-refractivity contribution in [2.45, 2.75) is 11.0 Å². The molecule has 1 amide bonds. The normalized spacial score (nSPS) is 12.9. The number of hydrogen-bond acceptors (Lipinski definition) is 5. The summed E-state index contributed by atoms with van der Waals surface area (Å²) >= 11 is 10.6. The first-order valence-corrected chi connectivity index (χ1v) is 9.00. The Balaban J connectivity index is 5.36. The van der Waals surface area contributed by atoms with Gasteiger partial charge in [-0.1, -0.05) is 0 Å². The molecular formula is C7H13Cl2NO5S2. The Morgan fingerprint density at radius 3 is 1.59 bits per heavy atom. The first kappa shape index (κ1) is 16.9. The van der Waals surface area contributed by atoms with Gasteiger partial charge in [0.25, 0.3) is 0 Å². The summed E-state index contributed by atoms with van der Waals surface area (Å²) in [6.07, 6.45) is -0.779. The summed E-state index contributed by atoms with van der Waals surface area (Å²) in [4.78, 5) is 10.7. The first-order chi connectivity index (χ1) is 7.67. The van der Waals surface area contributed by atoms with Crippen LogP contribution in [-0.4, -0.2) is 50.6 Å². The lowest BCUT2D eigenvalue weighted by molar-refractivity contribution is -0.117. The van der Waals surface area contributed by atoms with Crippen molar-refractivity contribution < 1.29 is 21.6 Å². The molecule has 0 unspecified atom stereocenters. The van der Waals surface area contributed by atoms with Crippen LogP contribution in [0.2, 0.25) is 0 Å². The van der Waals surface area contributed by atoms with E-state index in [-0.39, 0.29) is 11.8 Å². The number of hydrogen-bond donors (Lipinski definition) is 1. The topological polar surface area (TPSA) is 111 Å². The van der Waals surface area contributed by atoms with Crippen molar-refractivity contribution in [1.82, 2.24) is 0 Å². The summed E-state index contributed by atoms with van der Waals surface area (Å²) in [7, 11) is -8.05. The molecule has 17 heavy (non-hydrogen) atoms. The molecule has 6 nitrogen and oxygen atoms in total. The monoisotopic (exact) mass is 325 g/mol. The molecule has 0 aromatic carbocycles. The van der Waals surface area contributed by atoms with E-state index in [1.807, 2.05) is 0 Å².